The minimum atomic E-state index is -0.347. The van der Waals surface area contributed by atoms with Crippen molar-refractivity contribution in [1.82, 2.24) is 25.6 Å². The highest BCUT2D eigenvalue weighted by Gasteiger charge is 2.21. The van der Waals surface area contributed by atoms with Crippen LogP contribution >= 0.6 is 0 Å². The molecular formula is C31H27FN6O. The number of hydrogen-bond acceptors (Lipinski definition) is 6. The highest BCUT2D eigenvalue weighted by Crippen LogP contribution is 2.32. The van der Waals surface area contributed by atoms with Gasteiger partial charge in [-0.3, -0.25) is 4.79 Å². The highest BCUT2D eigenvalue weighted by atomic mass is 19.1. The zero-order chi connectivity index (χ0) is 26.8. The fourth-order valence-electron chi connectivity index (χ4n) is 5.14. The predicted molar refractivity (Wildman–Crippen MR) is 148 cm³/mol. The number of anilines is 1. The SMILES string of the molecule is Cc1ccc(CC(=O)Cc2cc(-c3ccccc3-c3nn[nH]n3)nc(N3CCc4ccccc4C3)c2)c(F)c1. The van der Waals surface area contributed by atoms with Crippen LogP contribution in [0.2, 0.25) is 0 Å². The third kappa shape index (κ3) is 5.31. The van der Waals surface area contributed by atoms with Gasteiger partial charge in [-0.05, 0) is 64.6 Å². The quantitative estimate of drug-likeness (QED) is 0.315. The van der Waals surface area contributed by atoms with Gasteiger partial charge >= 0.3 is 0 Å². The van der Waals surface area contributed by atoms with Gasteiger partial charge in [0.15, 0.2) is 0 Å². The fourth-order valence-corrected chi connectivity index (χ4v) is 5.14. The number of rotatable bonds is 7. The number of pyridine rings is 1. The zero-order valence-corrected chi connectivity index (χ0v) is 21.6. The van der Waals surface area contributed by atoms with Crippen LogP contribution in [0.25, 0.3) is 22.6 Å². The summed E-state index contributed by atoms with van der Waals surface area (Å²) in [4.78, 5) is 20.4. The molecule has 3 aromatic carbocycles. The molecule has 6 rings (SSSR count). The maximum atomic E-state index is 14.5. The molecule has 5 aromatic rings. The Morgan fingerprint density at radius 2 is 1.74 bits per heavy atom. The lowest BCUT2D eigenvalue weighted by atomic mass is 9.97. The summed E-state index contributed by atoms with van der Waals surface area (Å²) in [6.45, 7) is 3.39. The van der Waals surface area contributed by atoms with E-state index in [1.807, 2.05) is 49.4 Å². The first-order valence-corrected chi connectivity index (χ1v) is 13.0. The van der Waals surface area contributed by atoms with E-state index in [1.54, 1.807) is 6.07 Å². The third-order valence-electron chi connectivity index (χ3n) is 7.11. The lowest BCUT2D eigenvalue weighted by Crippen LogP contribution is -2.31. The normalized spacial score (nSPS) is 12.8. The topological polar surface area (TPSA) is 87.7 Å². The number of aryl methyl sites for hydroxylation is 1. The van der Waals surface area contributed by atoms with Gasteiger partial charge in [-0.1, -0.05) is 60.7 Å². The molecule has 0 saturated heterocycles. The number of hydrogen-bond donors (Lipinski definition) is 1. The highest BCUT2D eigenvalue weighted by molar-refractivity contribution is 5.85. The van der Waals surface area contributed by atoms with Crippen molar-refractivity contribution in [1.29, 1.82) is 0 Å². The van der Waals surface area contributed by atoms with Crippen LogP contribution in [0.15, 0.2) is 78.9 Å². The molecule has 1 N–H and O–H groups in total. The van der Waals surface area contributed by atoms with E-state index < -0.39 is 0 Å². The van der Waals surface area contributed by atoms with Gasteiger partial charge in [0.05, 0.1) is 5.69 Å². The van der Waals surface area contributed by atoms with Crippen LogP contribution in [0, 0.1) is 12.7 Å². The minimum Gasteiger partial charge on any atom is -0.352 e. The maximum absolute atomic E-state index is 14.5. The van der Waals surface area contributed by atoms with E-state index in [0.717, 1.165) is 53.3 Å². The summed E-state index contributed by atoms with van der Waals surface area (Å²) in [5.41, 5.74) is 7.05. The number of Topliss-reactive ketones (excluding diaryl/α,β-unsaturated/α-hetero) is 1. The smallest absolute Gasteiger partial charge is 0.205 e. The molecule has 1 aliphatic rings. The molecule has 0 radical (unpaired) electrons. The first kappa shape index (κ1) is 24.6. The molecule has 0 fully saturated rings. The molecule has 8 heteroatoms. The molecule has 1 aliphatic heterocycles. The average Bonchev–Trinajstić information content (AvgIpc) is 3.49. The maximum Gasteiger partial charge on any atom is 0.205 e. The molecule has 194 valence electrons. The Labute approximate surface area is 225 Å². The molecular weight excluding hydrogens is 491 g/mol. The summed E-state index contributed by atoms with van der Waals surface area (Å²) in [6.07, 6.45) is 1.13. The molecule has 3 heterocycles. The van der Waals surface area contributed by atoms with E-state index in [9.17, 15) is 9.18 Å². The number of carbonyl (C=O) groups is 1. The summed E-state index contributed by atoms with van der Waals surface area (Å²) in [5.74, 6) is 0.864. The van der Waals surface area contributed by atoms with Gasteiger partial charge < -0.3 is 4.90 Å². The van der Waals surface area contributed by atoms with Gasteiger partial charge in [0.25, 0.3) is 0 Å². The molecule has 0 saturated carbocycles. The summed E-state index contributed by atoms with van der Waals surface area (Å²) >= 11 is 0. The van der Waals surface area contributed by atoms with E-state index in [2.05, 4.69) is 49.8 Å². The van der Waals surface area contributed by atoms with Gasteiger partial charge in [-0.25, -0.2) is 9.37 Å². The Bertz CT molecular complexity index is 1650. The van der Waals surface area contributed by atoms with Crippen LogP contribution < -0.4 is 4.90 Å². The monoisotopic (exact) mass is 518 g/mol. The fraction of sp³-hybridized carbons (Fsp3) is 0.194. The van der Waals surface area contributed by atoms with Crippen molar-refractivity contribution < 1.29 is 9.18 Å². The molecule has 0 unspecified atom stereocenters. The second kappa shape index (κ2) is 10.6. The number of fused-ring (bicyclic) bond motifs is 1. The van der Waals surface area contributed by atoms with Gasteiger partial charge in [-0.2, -0.15) is 5.21 Å². The van der Waals surface area contributed by atoms with E-state index in [1.165, 1.54) is 17.2 Å². The van der Waals surface area contributed by atoms with Crippen molar-refractivity contribution >= 4 is 11.6 Å². The summed E-state index contributed by atoms with van der Waals surface area (Å²) in [6, 6.07) is 25.1. The summed E-state index contributed by atoms with van der Waals surface area (Å²) in [7, 11) is 0. The standard InChI is InChI=1S/C31H27FN6O/c1-20-10-11-23(28(32)14-20)18-25(39)15-21-16-29(26-8-4-5-9-27(26)31-34-36-37-35-31)33-30(17-21)38-13-12-22-6-2-3-7-24(22)19-38/h2-11,14,16-17H,12-13,15,18-19H2,1H3,(H,34,35,36,37). The van der Waals surface area contributed by atoms with Crippen molar-refractivity contribution in [3.63, 3.8) is 0 Å². The number of aromatic nitrogens is 5. The van der Waals surface area contributed by atoms with E-state index in [0.29, 0.717) is 11.4 Å². The zero-order valence-electron chi connectivity index (χ0n) is 21.6. The number of aromatic amines is 1. The number of ketones is 1. The van der Waals surface area contributed by atoms with Crippen molar-refractivity contribution in [3.8, 4) is 22.6 Å². The van der Waals surface area contributed by atoms with Crippen LogP contribution in [-0.2, 0) is 30.6 Å². The molecule has 2 aromatic heterocycles. The number of H-pyrrole nitrogens is 1. The summed E-state index contributed by atoms with van der Waals surface area (Å²) < 4.78 is 14.5. The van der Waals surface area contributed by atoms with Crippen molar-refractivity contribution in [2.24, 2.45) is 0 Å². The van der Waals surface area contributed by atoms with E-state index in [-0.39, 0.29) is 24.4 Å². The lowest BCUT2D eigenvalue weighted by molar-refractivity contribution is -0.117. The number of nitrogens with zero attached hydrogens (tertiary/aromatic N) is 5. The van der Waals surface area contributed by atoms with Gasteiger partial charge in [0, 0.05) is 37.1 Å². The molecule has 0 amide bonds. The molecule has 0 spiro atoms. The summed E-state index contributed by atoms with van der Waals surface area (Å²) in [5, 5.41) is 14.6. The number of carbonyl (C=O) groups excluding carboxylic acids is 1. The number of nitrogens with one attached hydrogen (secondary N) is 1. The molecule has 39 heavy (non-hydrogen) atoms. The largest absolute Gasteiger partial charge is 0.352 e. The number of tetrazole rings is 1. The Morgan fingerprint density at radius 1 is 0.949 bits per heavy atom. The van der Waals surface area contributed by atoms with Crippen LogP contribution in [0.5, 0.6) is 0 Å². The van der Waals surface area contributed by atoms with Crippen LogP contribution in [-0.4, -0.2) is 37.9 Å². The average molecular weight is 519 g/mol. The van der Waals surface area contributed by atoms with E-state index in [4.69, 9.17) is 4.98 Å². The van der Waals surface area contributed by atoms with Crippen LogP contribution in [0.1, 0.15) is 27.8 Å². The van der Waals surface area contributed by atoms with Crippen LogP contribution in [0.4, 0.5) is 10.2 Å². The molecule has 0 aliphatic carbocycles. The third-order valence-corrected chi connectivity index (χ3v) is 7.11. The number of benzene rings is 3. The van der Waals surface area contributed by atoms with Crippen LogP contribution in [0.3, 0.4) is 0 Å². The number of halogens is 1. The molecule has 0 atom stereocenters. The van der Waals surface area contributed by atoms with Gasteiger partial charge in [-0.15, -0.1) is 10.2 Å². The van der Waals surface area contributed by atoms with Gasteiger partial charge in [0.2, 0.25) is 5.82 Å². The van der Waals surface area contributed by atoms with Crippen molar-refractivity contribution in [3.05, 3.63) is 112 Å². The lowest BCUT2D eigenvalue weighted by Gasteiger charge is -2.30. The Morgan fingerprint density at radius 3 is 2.54 bits per heavy atom. The Kier molecular flexibility index (Phi) is 6.67. The second-order valence-corrected chi connectivity index (χ2v) is 9.93. The van der Waals surface area contributed by atoms with Gasteiger partial charge in [0.1, 0.15) is 17.4 Å². The Hall–Kier alpha value is -4.72. The van der Waals surface area contributed by atoms with E-state index >= 15 is 0 Å². The molecule has 0 bridgehead atoms. The first-order chi connectivity index (χ1) is 19.0. The first-order valence-electron chi connectivity index (χ1n) is 13.0. The van der Waals surface area contributed by atoms with Crippen molar-refractivity contribution in [2.45, 2.75) is 32.7 Å². The Balaban J connectivity index is 1.37. The minimum absolute atomic E-state index is 0.0373. The predicted octanol–water partition coefficient (Wildman–Crippen LogP) is 5.29. The van der Waals surface area contributed by atoms with Crippen molar-refractivity contribution in [2.75, 3.05) is 11.4 Å². The molecule has 7 nitrogen and oxygen atoms in total. The second-order valence-electron chi connectivity index (χ2n) is 9.93.